The third-order valence-electron chi connectivity index (χ3n) is 2.79. The molecule has 0 aromatic heterocycles. The average molecular weight is 278 g/mol. The van der Waals surface area contributed by atoms with Gasteiger partial charge in [-0.2, -0.15) is 0 Å². The number of halogens is 2. The normalized spacial score (nSPS) is 11.8. The molecule has 0 aliphatic carbocycles. The molecule has 0 amide bonds. The van der Waals surface area contributed by atoms with Crippen molar-refractivity contribution in [2.45, 2.75) is 39.2 Å². The quantitative estimate of drug-likeness (QED) is 0.893. The Bertz CT molecular complexity index is 356. The van der Waals surface area contributed by atoms with Crippen molar-refractivity contribution in [2.24, 2.45) is 5.73 Å². The summed E-state index contributed by atoms with van der Waals surface area (Å²) >= 11 is 6.17. The molecule has 0 radical (unpaired) electrons. The summed E-state index contributed by atoms with van der Waals surface area (Å²) in [5.41, 5.74) is 8.28. The molecule has 0 aliphatic rings. The first kappa shape index (κ1) is 16.6. The Hall–Kier alpha value is -0.440. The van der Waals surface area contributed by atoms with Crippen LogP contribution in [0.1, 0.15) is 31.4 Å². The summed E-state index contributed by atoms with van der Waals surface area (Å²) in [6.45, 7) is 4.19. The molecule has 0 saturated heterocycles. The summed E-state index contributed by atoms with van der Waals surface area (Å²) < 4.78 is 5.29. The highest BCUT2D eigenvalue weighted by Gasteiger charge is 2.10. The molecule has 1 aromatic carbocycles. The van der Waals surface area contributed by atoms with Crippen LogP contribution < -0.4 is 10.5 Å². The fourth-order valence-electron chi connectivity index (χ4n) is 1.77. The third kappa shape index (κ3) is 4.38. The summed E-state index contributed by atoms with van der Waals surface area (Å²) in [7, 11) is 1.65. The van der Waals surface area contributed by atoms with E-state index >= 15 is 0 Å². The predicted molar refractivity (Wildman–Crippen MR) is 76.6 cm³/mol. The summed E-state index contributed by atoms with van der Waals surface area (Å²) in [4.78, 5) is 0. The summed E-state index contributed by atoms with van der Waals surface area (Å²) in [6.07, 6.45) is 2.76. The SMILES string of the molecule is CCc1cc(CC(N)CC)cc(Cl)c1OC.Cl. The van der Waals surface area contributed by atoms with Crippen LogP contribution in [0.15, 0.2) is 12.1 Å². The van der Waals surface area contributed by atoms with Crippen LogP contribution in [0.25, 0.3) is 0 Å². The first-order valence-electron chi connectivity index (χ1n) is 5.73. The monoisotopic (exact) mass is 277 g/mol. The molecule has 0 heterocycles. The van der Waals surface area contributed by atoms with Gasteiger partial charge in [-0.3, -0.25) is 0 Å². The number of hydrogen-bond donors (Lipinski definition) is 1. The lowest BCUT2D eigenvalue weighted by Gasteiger charge is -2.14. The van der Waals surface area contributed by atoms with Crippen LogP contribution in [-0.2, 0) is 12.8 Å². The molecule has 4 heteroatoms. The molecule has 1 atom stereocenters. The van der Waals surface area contributed by atoms with Crippen LogP contribution in [0, 0.1) is 0 Å². The second kappa shape index (κ2) is 7.80. The minimum absolute atomic E-state index is 0. The number of ether oxygens (including phenoxy) is 1. The fraction of sp³-hybridized carbons (Fsp3) is 0.538. The second-order valence-corrected chi connectivity index (χ2v) is 4.40. The van der Waals surface area contributed by atoms with Gasteiger partial charge < -0.3 is 10.5 Å². The van der Waals surface area contributed by atoms with Crippen molar-refractivity contribution in [1.29, 1.82) is 0 Å². The van der Waals surface area contributed by atoms with Gasteiger partial charge in [-0.15, -0.1) is 12.4 Å². The van der Waals surface area contributed by atoms with E-state index in [9.17, 15) is 0 Å². The Morgan fingerprint density at radius 1 is 1.35 bits per heavy atom. The van der Waals surface area contributed by atoms with Gasteiger partial charge in [0.1, 0.15) is 5.75 Å². The van der Waals surface area contributed by atoms with Crippen molar-refractivity contribution >= 4 is 24.0 Å². The van der Waals surface area contributed by atoms with Crippen LogP contribution >= 0.6 is 24.0 Å². The molecule has 0 fully saturated rings. The minimum Gasteiger partial charge on any atom is -0.495 e. The van der Waals surface area contributed by atoms with E-state index in [0.29, 0.717) is 5.02 Å². The average Bonchev–Trinajstić information content (AvgIpc) is 2.28. The molecule has 0 saturated carbocycles. The summed E-state index contributed by atoms with van der Waals surface area (Å²) in [5.74, 6) is 0.790. The maximum atomic E-state index is 6.17. The van der Waals surface area contributed by atoms with E-state index in [0.717, 1.165) is 30.6 Å². The zero-order valence-electron chi connectivity index (χ0n) is 10.6. The maximum Gasteiger partial charge on any atom is 0.140 e. The number of methoxy groups -OCH3 is 1. The van der Waals surface area contributed by atoms with E-state index in [1.54, 1.807) is 7.11 Å². The van der Waals surface area contributed by atoms with Gasteiger partial charge in [0.25, 0.3) is 0 Å². The van der Waals surface area contributed by atoms with Crippen molar-refractivity contribution in [2.75, 3.05) is 7.11 Å². The Labute approximate surface area is 115 Å². The molecule has 2 N–H and O–H groups in total. The van der Waals surface area contributed by atoms with Crippen molar-refractivity contribution < 1.29 is 4.74 Å². The Kier molecular flexibility index (Phi) is 7.60. The molecule has 98 valence electrons. The summed E-state index contributed by atoms with van der Waals surface area (Å²) in [6, 6.07) is 4.30. The van der Waals surface area contributed by atoms with E-state index in [-0.39, 0.29) is 18.4 Å². The number of hydrogen-bond acceptors (Lipinski definition) is 2. The minimum atomic E-state index is 0. The summed E-state index contributed by atoms with van der Waals surface area (Å²) in [5, 5.41) is 0.681. The van der Waals surface area contributed by atoms with E-state index in [2.05, 4.69) is 19.9 Å². The van der Waals surface area contributed by atoms with Crippen LogP contribution in [0.5, 0.6) is 5.75 Å². The van der Waals surface area contributed by atoms with Gasteiger partial charge in [-0.1, -0.05) is 31.5 Å². The Morgan fingerprint density at radius 2 is 2.00 bits per heavy atom. The van der Waals surface area contributed by atoms with Crippen molar-refractivity contribution in [3.05, 3.63) is 28.3 Å². The van der Waals surface area contributed by atoms with Gasteiger partial charge in [0.15, 0.2) is 0 Å². The molecule has 17 heavy (non-hydrogen) atoms. The van der Waals surface area contributed by atoms with Gasteiger partial charge in [-0.25, -0.2) is 0 Å². The fourth-order valence-corrected chi connectivity index (χ4v) is 2.11. The smallest absolute Gasteiger partial charge is 0.140 e. The topological polar surface area (TPSA) is 35.2 Å². The molecule has 0 spiro atoms. The van der Waals surface area contributed by atoms with Crippen LogP contribution in [-0.4, -0.2) is 13.2 Å². The Balaban J connectivity index is 0.00000256. The number of rotatable bonds is 5. The molecule has 1 unspecified atom stereocenters. The van der Waals surface area contributed by atoms with Crippen LogP contribution in [0.4, 0.5) is 0 Å². The van der Waals surface area contributed by atoms with Crippen LogP contribution in [0.2, 0.25) is 5.02 Å². The highest BCUT2D eigenvalue weighted by molar-refractivity contribution is 6.32. The number of benzene rings is 1. The van der Waals surface area contributed by atoms with Crippen molar-refractivity contribution in [3.63, 3.8) is 0 Å². The largest absolute Gasteiger partial charge is 0.495 e. The van der Waals surface area contributed by atoms with Gasteiger partial charge in [0.05, 0.1) is 12.1 Å². The first-order valence-corrected chi connectivity index (χ1v) is 6.11. The maximum absolute atomic E-state index is 6.17. The first-order chi connectivity index (χ1) is 7.62. The molecule has 2 nitrogen and oxygen atoms in total. The third-order valence-corrected chi connectivity index (χ3v) is 3.07. The predicted octanol–water partition coefficient (Wildman–Crippen LogP) is 3.61. The molecule has 1 aromatic rings. The van der Waals surface area contributed by atoms with Crippen LogP contribution in [0.3, 0.4) is 0 Å². The number of nitrogens with two attached hydrogens (primary N) is 1. The van der Waals surface area contributed by atoms with E-state index in [1.165, 1.54) is 5.56 Å². The lowest BCUT2D eigenvalue weighted by Crippen LogP contribution is -2.21. The van der Waals surface area contributed by atoms with Crippen molar-refractivity contribution in [1.82, 2.24) is 0 Å². The van der Waals surface area contributed by atoms with E-state index in [4.69, 9.17) is 22.1 Å². The van der Waals surface area contributed by atoms with Gasteiger partial charge in [0.2, 0.25) is 0 Å². The zero-order valence-corrected chi connectivity index (χ0v) is 12.2. The molecule has 0 bridgehead atoms. The highest BCUT2D eigenvalue weighted by Crippen LogP contribution is 2.31. The highest BCUT2D eigenvalue weighted by atomic mass is 35.5. The molecule has 0 aliphatic heterocycles. The lowest BCUT2D eigenvalue weighted by atomic mass is 10.0. The Morgan fingerprint density at radius 3 is 2.47 bits per heavy atom. The van der Waals surface area contributed by atoms with E-state index < -0.39 is 0 Å². The zero-order chi connectivity index (χ0) is 12.1. The van der Waals surface area contributed by atoms with E-state index in [1.807, 2.05) is 6.07 Å². The lowest BCUT2D eigenvalue weighted by molar-refractivity contribution is 0.410. The standard InChI is InChI=1S/C13H20ClNO.ClH/c1-4-10-6-9(7-11(15)5-2)8-12(14)13(10)16-3;/h6,8,11H,4-5,7,15H2,1-3H3;1H. The molecular weight excluding hydrogens is 257 g/mol. The van der Waals surface area contributed by atoms with Crippen molar-refractivity contribution in [3.8, 4) is 5.75 Å². The molecule has 1 rings (SSSR count). The van der Waals surface area contributed by atoms with Gasteiger partial charge in [0, 0.05) is 6.04 Å². The van der Waals surface area contributed by atoms with Gasteiger partial charge in [-0.05, 0) is 36.5 Å². The van der Waals surface area contributed by atoms with Gasteiger partial charge >= 0.3 is 0 Å². The molecular formula is C13H21Cl2NO. The second-order valence-electron chi connectivity index (χ2n) is 4.00. The number of aryl methyl sites for hydroxylation is 1.